The van der Waals surface area contributed by atoms with E-state index in [0.717, 1.165) is 23.1 Å². The first kappa shape index (κ1) is 10.5. The minimum atomic E-state index is -0.954. The van der Waals surface area contributed by atoms with Crippen LogP contribution in [0.25, 0.3) is 0 Å². The van der Waals surface area contributed by atoms with Gasteiger partial charge in [0.15, 0.2) is 0 Å². The van der Waals surface area contributed by atoms with Gasteiger partial charge in [-0.25, -0.2) is 4.39 Å². The lowest BCUT2D eigenvalue weighted by molar-refractivity contribution is 0.0829. The maximum absolute atomic E-state index is 13.1. The quantitative estimate of drug-likeness (QED) is 0.795. The fourth-order valence-corrected chi connectivity index (χ4v) is 2.64. The Morgan fingerprint density at radius 2 is 1.82 bits per heavy atom. The molecular formula is C15H13FO. The fraction of sp³-hybridized carbons (Fsp3) is 0.200. The van der Waals surface area contributed by atoms with Gasteiger partial charge in [-0.05, 0) is 41.7 Å². The number of hydrogen-bond acceptors (Lipinski definition) is 1. The number of rotatable bonds is 1. The van der Waals surface area contributed by atoms with E-state index in [1.165, 1.54) is 12.1 Å². The molecule has 0 saturated heterocycles. The average molecular weight is 228 g/mol. The Labute approximate surface area is 99.5 Å². The van der Waals surface area contributed by atoms with Crippen LogP contribution in [0, 0.1) is 5.82 Å². The maximum Gasteiger partial charge on any atom is 0.123 e. The molecule has 0 aliphatic heterocycles. The molecule has 1 aliphatic rings. The molecule has 0 bridgehead atoms. The Morgan fingerprint density at radius 1 is 1.06 bits per heavy atom. The Balaban J connectivity index is 2.14. The van der Waals surface area contributed by atoms with Gasteiger partial charge in [-0.2, -0.15) is 0 Å². The van der Waals surface area contributed by atoms with E-state index in [-0.39, 0.29) is 5.82 Å². The predicted molar refractivity (Wildman–Crippen MR) is 64.2 cm³/mol. The van der Waals surface area contributed by atoms with Crippen LogP contribution in [-0.4, -0.2) is 5.11 Å². The average Bonchev–Trinajstić information content (AvgIpc) is 2.69. The van der Waals surface area contributed by atoms with E-state index >= 15 is 0 Å². The van der Waals surface area contributed by atoms with Crippen molar-refractivity contribution in [2.45, 2.75) is 18.4 Å². The second-order valence-electron chi connectivity index (χ2n) is 4.53. The fourth-order valence-electron chi connectivity index (χ4n) is 2.64. The molecule has 0 amide bonds. The highest BCUT2D eigenvalue weighted by molar-refractivity contribution is 5.45. The van der Waals surface area contributed by atoms with Crippen molar-refractivity contribution >= 4 is 0 Å². The van der Waals surface area contributed by atoms with Gasteiger partial charge in [-0.3, -0.25) is 0 Å². The molecule has 1 nitrogen and oxygen atoms in total. The molecular weight excluding hydrogens is 215 g/mol. The maximum atomic E-state index is 13.1. The van der Waals surface area contributed by atoms with Crippen LogP contribution in [0.5, 0.6) is 0 Å². The van der Waals surface area contributed by atoms with Crippen LogP contribution in [-0.2, 0) is 12.0 Å². The van der Waals surface area contributed by atoms with Crippen molar-refractivity contribution < 1.29 is 9.50 Å². The smallest absolute Gasteiger partial charge is 0.123 e. The summed E-state index contributed by atoms with van der Waals surface area (Å²) in [6.07, 6.45) is 1.34. The van der Waals surface area contributed by atoms with E-state index in [1.807, 2.05) is 30.3 Å². The number of halogens is 1. The van der Waals surface area contributed by atoms with Crippen LogP contribution in [0.15, 0.2) is 48.5 Å². The lowest BCUT2D eigenvalue weighted by atomic mass is 9.88. The first-order chi connectivity index (χ1) is 8.20. The number of benzene rings is 2. The number of hydrogen-bond donors (Lipinski definition) is 1. The molecule has 1 unspecified atom stereocenters. The zero-order valence-electron chi connectivity index (χ0n) is 9.36. The van der Waals surface area contributed by atoms with Gasteiger partial charge in [-0.15, -0.1) is 0 Å². The summed E-state index contributed by atoms with van der Waals surface area (Å²) in [6, 6.07) is 14.2. The van der Waals surface area contributed by atoms with Crippen molar-refractivity contribution in [3.63, 3.8) is 0 Å². The van der Waals surface area contributed by atoms with Crippen LogP contribution in [0.1, 0.15) is 23.1 Å². The monoisotopic (exact) mass is 228 g/mol. The van der Waals surface area contributed by atoms with Crippen LogP contribution >= 0.6 is 0 Å². The van der Waals surface area contributed by atoms with Gasteiger partial charge in [0.2, 0.25) is 0 Å². The van der Waals surface area contributed by atoms with E-state index in [9.17, 15) is 9.50 Å². The molecule has 1 atom stereocenters. The highest BCUT2D eigenvalue weighted by atomic mass is 19.1. The number of fused-ring (bicyclic) bond motifs is 1. The number of aryl methyl sites for hydroxylation is 1. The molecule has 2 aromatic rings. The van der Waals surface area contributed by atoms with Gasteiger partial charge >= 0.3 is 0 Å². The topological polar surface area (TPSA) is 20.2 Å². The van der Waals surface area contributed by atoms with Crippen molar-refractivity contribution in [1.82, 2.24) is 0 Å². The van der Waals surface area contributed by atoms with Gasteiger partial charge in [0.1, 0.15) is 11.4 Å². The largest absolute Gasteiger partial charge is 0.380 e. The Hall–Kier alpha value is -1.67. The van der Waals surface area contributed by atoms with Gasteiger partial charge in [0.05, 0.1) is 0 Å². The summed E-state index contributed by atoms with van der Waals surface area (Å²) in [5.74, 6) is -0.235. The van der Waals surface area contributed by atoms with E-state index in [1.54, 1.807) is 6.07 Å². The number of aliphatic hydroxyl groups is 1. The molecule has 0 aromatic heterocycles. The highest BCUT2D eigenvalue weighted by Crippen LogP contribution is 2.41. The molecule has 17 heavy (non-hydrogen) atoms. The second kappa shape index (κ2) is 3.67. The van der Waals surface area contributed by atoms with Gasteiger partial charge in [-0.1, -0.05) is 36.4 Å². The summed E-state index contributed by atoms with van der Waals surface area (Å²) in [6.45, 7) is 0. The molecule has 86 valence electrons. The van der Waals surface area contributed by atoms with Crippen LogP contribution < -0.4 is 0 Å². The molecule has 0 spiro atoms. The summed E-state index contributed by atoms with van der Waals surface area (Å²) < 4.78 is 13.1. The van der Waals surface area contributed by atoms with E-state index < -0.39 is 5.60 Å². The van der Waals surface area contributed by atoms with Crippen LogP contribution in [0.2, 0.25) is 0 Å². The summed E-state index contributed by atoms with van der Waals surface area (Å²) in [5, 5.41) is 10.8. The summed E-state index contributed by atoms with van der Waals surface area (Å²) >= 11 is 0. The third kappa shape index (κ3) is 1.56. The molecule has 0 heterocycles. The first-order valence-electron chi connectivity index (χ1n) is 5.77. The second-order valence-corrected chi connectivity index (χ2v) is 4.53. The Morgan fingerprint density at radius 3 is 2.59 bits per heavy atom. The molecule has 0 radical (unpaired) electrons. The lowest BCUT2D eigenvalue weighted by Crippen LogP contribution is -2.23. The van der Waals surface area contributed by atoms with Gasteiger partial charge in [0.25, 0.3) is 0 Å². The standard InChI is InChI=1S/C15H13FO/c16-13-6-7-14-11(10-13)8-9-15(14,17)12-4-2-1-3-5-12/h1-7,10,17H,8-9H2. The molecule has 2 aromatic carbocycles. The normalized spacial score (nSPS) is 22.5. The van der Waals surface area contributed by atoms with Crippen molar-refractivity contribution in [2.24, 2.45) is 0 Å². The van der Waals surface area contributed by atoms with Crippen molar-refractivity contribution in [3.05, 3.63) is 71.0 Å². The predicted octanol–water partition coefficient (Wildman–Crippen LogP) is 3.01. The molecule has 3 rings (SSSR count). The molecule has 1 N–H and O–H groups in total. The molecule has 2 heteroatoms. The minimum absolute atomic E-state index is 0.235. The van der Waals surface area contributed by atoms with Gasteiger partial charge in [0, 0.05) is 0 Å². The lowest BCUT2D eigenvalue weighted by Gasteiger charge is -2.24. The van der Waals surface area contributed by atoms with Crippen LogP contribution in [0.4, 0.5) is 4.39 Å². The van der Waals surface area contributed by atoms with E-state index in [2.05, 4.69) is 0 Å². The third-order valence-corrected chi connectivity index (χ3v) is 3.52. The van der Waals surface area contributed by atoms with Crippen molar-refractivity contribution in [2.75, 3.05) is 0 Å². The zero-order chi connectivity index (χ0) is 11.9. The minimum Gasteiger partial charge on any atom is -0.380 e. The zero-order valence-corrected chi connectivity index (χ0v) is 9.36. The Kier molecular flexibility index (Phi) is 2.26. The highest BCUT2D eigenvalue weighted by Gasteiger charge is 2.38. The Bertz CT molecular complexity index is 550. The summed E-state index contributed by atoms with van der Waals surface area (Å²) in [4.78, 5) is 0. The third-order valence-electron chi connectivity index (χ3n) is 3.52. The summed E-state index contributed by atoms with van der Waals surface area (Å²) in [5.41, 5.74) is 1.68. The summed E-state index contributed by atoms with van der Waals surface area (Å²) in [7, 11) is 0. The van der Waals surface area contributed by atoms with Crippen molar-refractivity contribution in [3.8, 4) is 0 Å². The van der Waals surface area contributed by atoms with Crippen LogP contribution in [0.3, 0.4) is 0 Å². The van der Waals surface area contributed by atoms with E-state index in [0.29, 0.717) is 6.42 Å². The van der Waals surface area contributed by atoms with E-state index in [4.69, 9.17) is 0 Å². The van der Waals surface area contributed by atoms with Crippen molar-refractivity contribution in [1.29, 1.82) is 0 Å². The first-order valence-corrected chi connectivity index (χ1v) is 5.77. The van der Waals surface area contributed by atoms with Gasteiger partial charge < -0.3 is 5.11 Å². The molecule has 0 fully saturated rings. The molecule has 0 saturated carbocycles. The SMILES string of the molecule is OC1(c2ccccc2)CCc2cc(F)ccc21. The molecule has 1 aliphatic carbocycles.